The maximum atomic E-state index is 11.8. The van der Waals surface area contributed by atoms with Crippen molar-refractivity contribution in [3.63, 3.8) is 0 Å². The fourth-order valence-electron chi connectivity index (χ4n) is 1.19. The minimum absolute atomic E-state index is 0.203. The van der Waals surface area contributed by atoms with E-state index < -0.39 is 0 Å². The van der Waals surface area contributed by atoms with Crippen molar-refractivity contribution in [2.45, 2.75) is 0 Å². The molecule has 0 unspecified atom stereocenters. The number of carbonyl (C=O) groups excluding carboxylic acids is 1. The average Bonchev–Trinajstić information content (AvgIpc) is 2.31. The lowest BCUT2D eigenvalue weighted by molar-refractivity contribution is 0.102. The molecule has 80 valence electrons. The lowest BCUT2D eigenvalue weighted by Crippen LogP contribution is -2.13. The normalized spacial score (nSPS) is 9.81. The van der Waals surface area contributed by atoms with Crippen LogP contribution in [0, 0.1) is 0 Å². The first-order chi connectivity index (χ1) is 7.77. The number of halogens is 1. The highest BCUT2D eigenvalue weighted by Gasteiger charge is 2.09. The van der Waals surface area contributed by atoms with Crippen molar-refractivity contribution in [3.8, 4) is 0 Å². The number of aromatic nitrogens is 2. The third-order valence-electron chi connectivity index (χ3n) is 1.94. The van der Waals surface area contributed by atoms with Crippen LogP contribution in [-0.2, 0) is 0 Å². The van der Waals surface area contributed by atoms with Crippen molar-refractivity contribution < 1.29 is 4.79 Å². The molecule has 0 aliphatic heterocycles. The SMILES string of the molecule is O=C(Nc1ccncn1)c1ccccc1Br. The predicted octanol–water partition coefficient (Wildman–Crippen LogP) is 2.49. The van der Waals surface area contributed by atoms with Crippen LogP contribution < -0.4 is 5.32 Å². The maximum absolute atomic E-state index is 11.8. The van der Waals surface area contributed by atoms with Gasteiger partial charge in [-0.05, 0) is 34.1 Å². The molecular formula is C11H8BrN3O. The average molecular weight is 278 g/mol. The summed E-state index contributed by atoms with van der Waals surface area (Å²) in [6.07, 6.45) is 2.96. The number of anilines is 1. The number of nitrogens with one attached hydrogen (secondary N) is 1. The minimum atomic E-state index is -0.203. The first kappa shape index (κ1) is 10.8. The molecule has 0 fully saturated rings. The standard InChI is InChI=1S/C11H8BrN3O/c12-9-4-2-1-3-8(9)11(16)15-10-5-6-13-7-14-10/h1-7H,(H,13,14,15,16). The molecule has 0 bridgehead atoms. The third-order valence-corrected chi connectivity index (χ3v) is 2.63. The highest BCUT2D eigenvalue weighted by atomic mass is 79.9. The smallest absolute Gasteiger partial charge is 0.257 e. The Bertz CT molecular complexity index is 502. The number of carbonyl (C=O) groups is 1. The van der Waals surface area contributed by atoms with Crippen molar-refractivity contribution in [3.05, 3.63) is 52.9 Å². The zero-order valence-corrected chi connectivity index (χ0v) is 9.81. The van der Waals surface area contributed by atoms with Crippen LogP contribution >= 0.6 is 15.9 Å². The topological polar surface area (TPSA) is 54.9 Å². The lowest BCUT2D eigenvalue weighted by atomic mass is 10.2. The number of amides is 1. The molecule has 5 heteroatoms. The van der Waals surface area contributed by atoms with Crippen LogP contribution in [0.15, 0.2) is 47.3 Å². The van der Waals surface area contributed by atoms with E-state index in [0.717, 1.165) is 4.47 Å². The number of benzene rings is 1. The van der Waals surface area contributed by atoms with Crippen molar-refractivity contribution >= 4 is 27.7 Å². The molecule has 0 aliphatic rings. The molecule has 1 N–H and O–H groups in total. The maximum Gasteiger partial charge on any atom is 0.257 e. The van der Waals surface area contributed by atoms with E-state index in [1.165, 1.54) is 6.33 Å². The molecule has 0 atom stereocenters. The van der Waals surface area contributed by atoms with Gasteiger partial charge < -0.3 is 5.32 Å². The molecule has 2 rings (SSSR count). The van der Waals surface area contributed by atoms with Crippen molar-refractivity contribution in [2.75, 3.05) is 5.32 Å². The molecule has 0 radical (unpaired) electrons. The molecule has 4 nitrogen and oxygen atoms in total. The molecule has 0 saturated heterocycles. The van der Waals surface area contributed by atoms with Gasteiger partial charge in [-0.15, -0.1) is 0 Å². The lowest BCUT2D eigenvalue weighted by Gasteiger charge is -2.04. The third kappa shape index (κ3) is 2.43. The zero-order chi connectivity index (χ0) is 11.4. The molecule has 1 aromatic heterocycles. The second-order valence-electron chi connectivity index (χ2n) is 3.03. The Hall–Kier alpha value is -1.75. The van der Waals surface area contributed by atoms with E-state index in [1.54, 1.807) is 24.4 Å². The van der Waals surface area contributed by atoms with Crippen molar-refractivity contribution in [1.29, 1.82) is 0 Å². The summed E-state index contributed by atoms with van der Waals surface area (Å²) < 4.78 is 0.751. The van der Waals surface area contributed by atoms with Crippen LogP contribution in [0.5, 0.6) is 0 Å². The summed E-state index contributed by atoms with van der Waals surface area (Å²) in [7, 11) is 0. The van der Waals surface area contributed by atoms with E-state index >= 15 is 0 Å². The second kappa shape index (κ2) is 4.85. The van der Waals surface area contributed by atoms with Gasteiger partial charge in [0.05, 0.1) is 5.56 Å². The Labute approximate surface area is 101 Å². The summed E-state index contributed by atoms with van der Waals surface area (Å²) in [5.74, 6) is 0.280. The molecule has 1 aromatic carbocycles. The first-order valence-corrected chi connectivity index (χ1v) is 5.38. The van der Waals surface area contributed by atoms with Crippen LogP contribution in [0.1, 0.15) is 10.4 Å². The van der Waals surface area contributed by atoms with E-state index in [-0.39, 0.29) is 5.91 Å². The van der Waals surface area contributed by atoms with Crippen molar-refractivity contribution in [1.82, 2.24) is 9.97 Å². The van der Waals surface area contributed by atoms with E-state index in [1.807, 2.05) is 12.1 Å². The highest BCUT2D eigenvalue weighted by molar-refractivity contribution is 9.10. The molecule has 0 saturated carbocycles. The Morgan fingerprint density at radius 2 is 2.06 bits per heavy atom. The summed E-state index contributed by atoms with van der Waals surface area (Å²) in [4.78, 5) is 19.5. The highest BCUT2D eigenvalue weighted by Crippen LogP contribution is 2.16. The van der Waals surface area contributed by atoms with Crippen molar-refractivity contribution in [2.24, 2.45) is 0 Å². The minimum Gasteiger partial charge on any atom is -0.306 e. The Morgan fingerprint density at radius 1 is 1.25 bits per heavy atom. The number of rotatable bonds is 2. The molecule has 16 heavy (non-hydrogen) atoms. The monoisotopic (exact) mass is 277 g/mol. The summed E-state index contributed by atoms with van der Waals surface area (Å²) in [5.41, 5.74) is 0.570. The van der Waals surface area contributed by atoms with Crippen LogP contribution in [0.4, 0.5) is 5.82 Å². The molecule has 1 amide bonds. The fourth-order valence-corrected chi connectivity index (χ4v) is 1.66. The van der Waals surface area contributed by atoms with Crippen LogP contribution in [0.25, 0.3) is 0 Å². The van der Waals surface area contributed by atoms with Gasteiger partial charge in [-0.3, -0.25) is 4.79 Å². The summed E-state index contributed by atoms with van der Waals surface area (Å²) in [5, 5.41) is 2.68. The van der Waals surface area contributed by atoms with Gasteiger partial charge in [0.25, 0.3) is 5.91 Å². The van der Waals surface area contributed by atoms with Gasteiger partial charge in [0.15, 0.2) is 0 Å². The van der Waals surface area contributed by atoms with Crippen LogP contribution in [-0.4, -0.2) is 15.9 Å². The quantitative estimate of drug-likeness (QED) is 0.918. The molecule has 1 heterocycles. The summed E-state index contributed by atoms with van der Waals surface area (Å²) >= 11 is 3.32. The molecular weight excluding hydrogens is 270 g/mol. The van der Waals surface area contributed by atoms with Gasteiger partial charge >= 0.3 is 0 Å². The van der Waals surface area contributed by atoms with Gasteiger partial charge in [0, 0.05) is 10.7 Å². The molecule has 0 spiro atoms. The Morgan fingerprint density at radius 3 is 2.75 bits per heavy atom. The number of hydrogen-bond donors (Lipinski definition) is 1. The largest absolute Gasteiger partial charge is 0.306 e. The summed E-state index contributed by atoms with van der Waals surface area (Å²) in [6.45, 7) is 0. The van der Waals surface area contributed by atoms with Gasteiger partial charge in [0.2, 0.25) is 0 Å². The summed E-state index contributed by atoms with van der Waals surface area (Å²) in [6, 6.07) is 8.84. The molecule has 0 aliphatic carbocycles. The predicted molar refractivity (Wildman–Crippen MR) is 64.1 cm³/mol. The fraction of sp³-hybridized carbons (Fsp3) is 0. The van der Waals surface area contributed by atoms with Crippen LogP contribution in [0.3, 0.4) is 0 Å². The molecule has 2 aromatic rings. The van der Waals surface area contributed by atoms with Gasteiger partial charge in [0.1, 0.15) is 12.1 Å². The van der Waals surface area contributed by atoms with Gasteiger partial charge in [-0.2, -0.15) is 0 Å². The second-order valence-corrected chi connectivity index (χ2v) is 3.88. The Balaban J connectivity index is 2.19. The van der Waals surface area contributed by atoms with E-state index in [2.05, 4.69) is 31.2 Å². The number of hydrogen-bond acceptors (Lipinski definition) is 3. The van der Waals surface area contributed by atoms with E-state index in [9.17, 15) is 4.79 Å². The number of nitrogens with zero attached hydrogens (tertiary/aromatic N) is 2. The first-order valence-electron chi connectivity index (χ1n) is 4.59. The van der Waals surface area contributed by atoms with E-state index in [4.69, 9.17) is 0 Å². The zero-order valence-electron chi connectivity index (χ0n) is 8.22. The van der Waals surface area contributed by atoms with Gasteiger partial charge in [-0.25, -0.2) is 9.97 Å². The van der Waals surface area contributed by atoms with E-state index in [0.29, 0.717) is 11.4 Å². The van der Waals surface area contributed by atoms with Gasteiger partial charge in [-0.1, -0.05) is 12.1 Å². The van der Waals surface area contributed by atoms with Crippen LogP contribution in [0.2, 0.25) is 0 Å². The Kier molecular flexibility index (Phi) is 3.26.